The number of hydrogen-bond donors (Lipinski definition) is 3. The van der Waals surface area contributed by atoms with Gasteiger partial charge < -0.3 is 21.1 Å². The van der Waals surface area contributed by atoms with Crippen LogP contribution in [0.15, 0.2) is 60.7 Å². The van der Waals surface area contributed by atoms with Gasteiger partial charge in [0.05, 0.1) is 6.42 Å². The van der Waals surface area contributed by atoms with Crippen LogP contribution in [-0.2, 0) is 14.3 Å². The van der Waals surface area contributed by atoms with Gasteiger partial charge in [0, 0.05) is 12.5 Å². The molecule has 2 rings (SSSR count). The van der Waals surface area contributed by atoms with Gasteiger partial charge in [-0.05, 0) is 38.3 Å². The van der Waals surface area contributed by atoms with E-state index in [1.165, 1.54) is 0 Å². The minimum atomic E-state index is -1.10. The highest BCUT2D eigenvalue weighted by molar-refractivity contribution is 5.90. The van der Waals surface area contributed by atoms with Crippen LogP contribution in [-0.4, -0.2) is 36.1 Å². The van der Waals surface area contributed by atoms with E-state index in [1.807, 2.05) is 36.4 Å². The van der Waals surface area contributed by atoms with E-state index in [0.717, 1.165) is 11.1 Å². The predicted octanol–water partition coefficient (Wildman–Crippen LogP) is 3.09. The van der Waals surface area contributed by atoms with Crippen molar-refractivity contribution in [1.29, 1.82) is 0 Å². The average molecular weight is 426 g/mol. The fourth-order valence-corrected chi connectivity index (χ4v) is 3.22. The van der Waals surface area contributed by atoms with Gasteiger partial charge in [-0.3, -0.25) is 9.59 Å². The Hall–Kier alpha value is -3.35. The Morgan fingerprint density at radius 3 is 1.90 bits per heavy atom. The molecule has 7 nitrogen and oxygen atoms in total. The van der Waals surface area contributed by atoms with Crippen LogP contribution in [0.5, 0.6) is 0 Å². The zero-order valence-corrected chi connectivity index (χ0v) is 18.3. The maximum absolute atomic E-state index is 12.6. The molecule has 3 amide bonds. The molecule has 1 atom stereocenters. The number of carbonyl (C=O) groups is 3. The van der Waals surface area contributed by atoms with E-state index in [-0.39, 0.29) is 12.3 Å². The Balaban J connectivity index is 2.02. The second-order valence-corrected chi connectivity index (χ2v) is 8.32. The maximum atomic E-state index is 12.6. The zero-order chi connectivity index (χ0) is 22.9. The summed E-state index contributed by atoms with van der Waals surface area (Å²) in [6, 6.07) is 19.0. The largest absolute Gasteiger partial charge is 0.444 e. The number of ether oxygens (including phenoxy) is 1. The van der Waals surface area contributed by atoms with Gasteiger partial charge in [0.25, 0.3) is 0 Å². The number of nitrogens with one attached hydrogen (secondary N) is 2. The normalized spacial score (nSPS) is 12.1. The first kappa shape index (κ1) is 23.9. The van der Waals surface area contributed by atoms with Crippen LogP contribution in [0, 0.1) is 0 Å². The molecule has 0 aliphatic heterocycles. The fourth-order valence-electron chi connectivity index (χ4n) is 3.22. The Kier molecular flexibility index (Phi) is 8.61. The summed E-state index contributed by atoms with van der Waals surface area (Å²) in [4.78, 5) is 36.1. The van der Waals surface area contributed by atoms with Crippen molar-refractivity contribution in [2.45, 2.75) is 51.2 Å². The van der Waals surface area contributed by atoms with E-state index in [1.54, 1.807) is 20.8 Å². The number of hydrogen-bond acceptors (Lipinski definition) is 4. The lowest BCUT2D eigenvalue weighted by atomic mass is 9.88. The Bertz CT molecular complexity index is 824. The van der Waals surface area contributed by atoms with Gasteiger partial charge in [0.15, 0.2) is 0 Å². The lowest BCUT2D eigenvalue weighted by molar-refractivity contribution is -0.127. The molecular formula is C24H31N3O4. The molecule has 4 N–H and O–H groups in total. The summed E-state index contributed by atoms with van der Waals surface area (Å²) < 4.78 is 5.18. The molecule has 0 radical (unpaired) electrons. The number of nitrogens with two attached hydrogens (primary N) is 1. The van der Waals surface area contributed by atoms with Gasteiger partial charge in [0.2, 0.25) is 11.8 Å². The van der Waals surface area contributed by atoms with Crippen LogP contribution in [0.1, 0.15) is 50.7 Å². The van der Waals surface area contributed by atoms with Crippen molar-refractivity contribution < 1.29 is 19.1 Å². The molecule has 0 saturated carbocycles. The summed E-state index contributed by atoms with van der Waals surface area (Å²) in [5.41, 5.74) is 6.81. The number of rotatable bonds is 9. The van der Waals surface area contributed by atoms with Gasteiger partial charge >= 0.3 is 6.09 Å². The van der Waals surface area contributed by atoms with Gasteiger partial charge in [-0.2, -0.15) is 0 Å². The number of amides is 3. The lowest BCUT2D eigenvalue weighted by Gasteiger charge is -2.23. The fraction of sp³-hybridized carbons (Fsp3) is 0.375. The molecule has 31 heavy (non-hydrogen) atoms. The Morgan fingerprint density at radius 2 is 1.45 bits per heavy atom. The number of alkyl carbamates (subject to hydrolysis) is 1. The van der Waals surface area contributed by atoms with Crippen LogP contribution >= 0.6 is 0 Å². The smallest absolute Gasteiger partial charge is 0.408 e. The number of primary amides is 1. The summed E-state index contributed by atoms with van der Waals surface area (Å²) in [7, 11) is 0. The van der Waals surface area contributed by atoms with Crippen LogP contribution in [0.4, 0.5) is 4.79 Å². The molecule has 0 heterocycles. The number of carbonyl (C=O) groups excluding carboxylic acids is 3. The van der Waals surface area contributed by atoms with E-state index in [9.17, 15) is 14.4 Å². The zero-order valence-electron chi connectivity index (χ0n) is 18.3. The number of benzene rings is 2. The van der Waals surface area contributed by atoms with Crippen molar-refractivity contribution in [2.24, 2.45) is 5.73 Å². The highest BCUT2D eigenvalue weighted by Gasteiger charge is 2.26. The van der Waals surface area contributed by atoms with E-state index in [0.29, 0.717) is 13.0 Å². The second-order valence-electron chi connectivity index (χ2n) is 8.32. The molecule has 0 fully saturated rings. The van der Waals surface area contributed by atoms with E-state index >= 15 is 0 Å². The first-order valence-electron chi connectivity index (χ1n) is 10.3. The van der Waals surface area contributed by atoms with Gasteiger partial charge in [-0.25, -0.2) is 4.79 Å². The molecule has 166 valence electrons. The SMILES string of the molecule is CC(C)(C)OC(=O)N[C@@H](CC(N)=O)C(=O)NCCC(c1ccccc1)c1ccccc1. The second kappa shape index (κ2) is 11.2. The summed E-state index contributed by atoms with van der Waals surface area (Å²) in [6.45, 7) is 5.49. The Labute approximate surface area is 183 Å². The van der Waals surface area contributed by atoms with Crippen LogP contribution in [0.2, 0.25) is 0 Å². The highest BCUT2D eigenvalue weighted by atomic mass is 16.6. The average Bonchev–Trinajstić information content (AvgIpc) is 2.70. The monoisotopic (exact) mass is 425 g/mol. The Morgan fingerprint density at radius 1 is 0.935 bits per heavy atom. The van der Waals surface area contributed by atoms with Crippen molar-refractivity contribution in [3.05, 3.63) is 71.8 Å². The third kappa shape index (κ3) is 8.50. The van der Waals surface area contributed by atoms with Crippen molar-refractivity contribution in [3.8, 4) is 0 Å². The van der Waals surface area contributed by atoms with E-state index < -0.39 is 29.6 Å². The molecule has 0 aliphatic carbocycles. The van der Waals surface area contributed by atoms with E-state index in [4.69, 9.17) is 10.5 Å². The lowest BCUT2D eigenvalue weighted by Crippen LogP contribution is -2.50. The molecule has 0 aliphatic rings. The predicted molar refractivity (Wildman–Crippen MR) is 119 cm³/mol. The summed E-state index contributed by atoms with van der Waals surface area (Å²) in [5, 5.41) is 5.24. The van der Waals surface area contributed by atoms with Crippen molar-refractivity contribution in [3.63, 3.8) is 0 Å². The first-order valence-corrected chi connectivity index (χ1v) is 10.3. The molecule has 0 bridgehead atoms. The van der Waals surface area contributed by atoms with Crippen LogP contribution < -0.4 is 16.4 Å². The third-order valence-corrected chi connectivity index (χ3v) is 4.55. The molecular weight excluding hydrogens is 394 g/mol. The topological polar surface area (TPSA) is 111 Å². The third-order valence-electron chi connectivity index (χ3n) is 4.55. The molecule has 0 spiro atoms. The summed E-state index contributed by atoms with van der Waals surface area (Å²) in [6.07, 6.45) is -0.443. The summed E-state index contributed by atoms with van der Waals surface area (Å²) >= 11 is 0. The summed E-state index contributed by atoms with van der Waals surface area (Å²) in [5.74, 6) is -1.08. The van der Waals surface area contributed by atoms with Gasteiger partial charge in [0.1, 0.15) is 11.6 Å². The first-order chi connectivity index (χ1) is 14.7. The van der Waals surface area contributed by atoms with Crippen molar-refractivity contribution in [1.82, 2.24) is 10.6 Å². The minimum absolute atomic E-state index is 0.0936. The highest BCUT2D eigenvalue weighted by Crippen LogP contribution is 2.27. The molecule has 2 aromatic carbocycles. The molecule has 0 unspecified atom stereocenters. The van der Waals surface area contributed by atoms with E-state index in [2.05, 4.69) is 34.9 Å². The van der Waals surface area contributed by atoms with Crippen molar-refractivity contribution >= 4 is 17.9 Å². The van der Waals surface area contributed by atoms with Crippen molar-refractivity contribution in [2.75, 3.05) is 6.54 Å². The molecule has 2 aromatic rings. The minimum Gasteiger partial charge on any atom is -0.444 e. The van der Waals surface area contributed by atoms with Crippen LogP contribution in [0.3, 0.4) is 0 Å². The molecule has 7 heteroatoms. The quantitative estimate of drug-likeness (QED) is 0.573. The maximum Gasteiger partial charge on any atom is 0.408 e. The molecule has 0 saturated heterocycles. The molecule has 0 aromatic heterocycles. The van der Waals surface area contributed by atoms with Crippen LogP contribution in [0.25, 0.3) is 0 Å². The van der Waals surface area contributed by atoms with Gasteiger partial charge in [-0.1, -0.05) is 60.7 Å². The standard InChI is InChI=1S/C24H31N3O4/c1-24(2,3)31-23(30)27-20(16-21(25)28)22(29)26-15-14-19(17-10-6-4-7-11-17)18-12-8-5-9-13-18/h4-13,19-20H,14-16H2,1-3H3,(H2,25,28)(H,26,29)(H,27,30)/t20-/m0/s1. The van der Waals surface area contributed by atoms with Gasteiger partial charge in [-0.15, -0.1) is 0 Å².